The molecule has 0 aliphatic carbocycles. The van der Waals surface area contributed by atoms with E-state index in [1.54, 1.807) is 0 Å². The van der Waals surface area contributed by atoms with Crippen molar-refractivity contribution < 1.29 is 22.7 Å². The van der Waals surface area contributed by atoms with Crippen molar-refractivity contribution in [1.29, 1.82) is 0 Å². The van der Waals surface area contributed by atoms with Crippen LogP contribution < -0.4 is 5.32 Å². The fraction of sp³-hybridized carbons (Fsp3) is 0.188. The van der Waals surface area contributed by atoms with Gasteiger partial charge in [0.15, 0.2) is 12.4 Å². The molecule has 0 unspecified atom stereocenters. The third-order valence-electron chi connectivity index (χ3n) is 3.34. The first-order valence-corrected chi connectivity index (χ1v) is 10.1. The van der Waals surface area contributed by atoms with Gasteiger partial charge in [-0.15, -0.1) is 0 Å². The number of carbonyl (C=O) groups is 2. The standard InChI is InChI=1S/C16H14Cl3N3O5S/c1-22(2)28(25,26)10-3-4-12(18)11(6-10)16(24)27-8-14(23)21-15-13(19)5-9(17)7-20-15/h3-7H,8H2,1-2H3,(H,20,21,23). The molecule has 0 saturated carbocycles. The lowest BCUT2D eigenvalue weighted by Crippen LogP contribution is -2.23. The van der Waals surface area contributed by atoms with E-state index in [1.807, 2.05) is 0 Å². The molecule has 0 spiro atoms. The van der Waals surface area contributed by atoms with E-state index in [0.717, 1.165) is 10.4 Å². The molecular formula is C16H14Cl3N3O5S. The van der Waals surface area contributed by atoms with E-state index >= 15 is 0 Å². The van der Waals surface area contributed by atoms with Crippen molar-refractivity contribution in [2.45, 2.75) is 4.90 Å². The van der Waals surface area contributed by atoms with Gasteiger partial charge < -0.3 is 10.1 Å². The molecule has 0 aliphatic rings. The average molecular weight is 467 g/mol. The van der Waals surface area contributed by atoms with Crippen molar-refractivity contribution >= 4 is 62.5 Å². The second-order valence-electron chi connectivity index (χ2n) is 5.54. The zero-order valence-corrected chi connectivity index (χ0v) is 17.7. The number of nitrogens with one attached hydrogen (secondary N) is 1. The lowest BCUT2D eigenvalue weighted by molar-refractivity contribution is -0.119. The molecule has 8 nitrogen and oxygen atoms in total. The third kappa shape index (κ3) is 5.33. The number of esters is 1. The highest BCUT2D eigenvalue weighted by molar-refractivity contribution is 7.89. The second-order valence-corrected chi connectivity index (χ2v) is 8.94. The molecule has 0 aliphatic heterocycles. The Bertz CT molecular complexity index is 1030. The zero-order chi connectivity index (χ0) is 21.1. The van der Waals surface area contributed by atoms with E-state index in [2.05, 4.69) is 10.3 Å². The summed E-state index contributed by atoms with van der Waals surface area (Å²) in [6.07, 6.45) is 1.28. The number of halogens is 3. The number of pyridine rings is 1. The van der Waals surface area contributed by atoms with Crippen LogP contribution in [0.3, 0.4) is 0 Å². The lowest BCUT2D eigenvalue weighted by atomic mass is 10.2. The minimum atomic E-state index is -3.78. The maximum absolute atomic E-state index is 12.2. The molecule has 1 N–H and O–H groups in total. The Morgan fingerprint density at radius 2 is 1.82 bits per heavy atom. The molecule has 0 bridgehead atoms. The number of anilines is 1. The summed E-state index contributed by atoms with van der Waals surface area (Å²) in [5.41, 5.74) is -0.194. The fourth-order valence-electron chi connectivity index (χ4n) is 1.92. The third-order valence-corrected chi connectivity index (χ3v) is 5.97. The first kappa shape index (κ1) is 22.4. The van der Waals surface area contributed by atoms with Crippen LogP contribution in [0.15, 0.2) is 35.4 Å². The molecule has 0 saturated heterocycles. The molecule has 28 heavy (non-hydrogen) atoms. The van der Waals surface area contributed by atoms with Crippen LogP contribution >= 0.6 is 34.8 Å². The summed E-state index contributed by atoms with van der Waals surface area (Å²) in [7, 11) is -1.08. The van der Waals surface area contributed by atoms with Crippen molar-refractivity contribution in [2.75, 3.05) is 26.0 Å². The fourth-order valence-corrected chi connectivity index (χ4v) is 3.47. The Kier molecular flexibility index (Phi) is 7.24. The highest BCUT2D eigenvalue weighted by Gasteiger charge is 2.22. The van der Waals surface area contributed by atoms with E-state index in [4.69, 9.17) is 39.5 Å². The van der Waals surface area contributed by atoms with Crippen molar-refractivity contribution in [3.63, 3.8) is 0 Å². The number of nitrogens with zero attached hydrogens (tertiary/aromatic N) is 2. The molecule has 1 aromatic heterocycles. The van der Waals surface area contributed by atoms with Crippen LogP contribution in [-0.4, -0.2) is 50.3 Å². The Hall–Kier alpha value is -1.91. The van der Waals surface area contributed by atoms with Crippen LogP contribution in [0.4, 0.5) is 5.82 Å². The van der Waals surface area contributed by atoms with Crippen LogP contribution in [0.25, 0.3) is 0 Å². The van der Waals surface area contributed by atoms with Gasteiger partial charge >= 0.3 is 5.97 Å². The van der Waals surface area contributed by atoms with Gasteiger partial charge in [0.25, 0.3) is 5.91 Å². The van der Waals surface area contributed by atoms with Crippen LogP contribution in [0, 0.1) is 0 Å². The molecule has 0 atom stereocenters. The Morgan fingerprint density at radius 1 is 1.14 bits per heavy atom. The average Bonchev–Trinajstić information content (AvgIpc) is 2.62. The topological polar surface area (TPSA) is 106 Å². The number of ether oxygens (including phenoxy) is 1. The van der Waals surface area contributed by atoms with Crippen LogP contribution in [0.2, 0.25) is 15.1 Å². The monoisotopic (exact) mass is 465 g/mol. The van der Waals surface area contributed by atoms with Gasteiger partial charge in [0.2, 0.25) is 10.0 Å². The van der Waals surface area contributed by atoms with Crippen molar-refractivity contribution in [3.05, 3.63) is 51.1 Å². The molecule has 0 radical (unpaired) electrons. The summed E-state index contributed by atoms with van der Waals surface area (Å²) in [5.74, 6) is -1.63. The lowest BCUT2D eigenvalue weighted by Gasteiger charge is -2.13. The predicted octanol–water partition coefficient (Wildman–Crippen LogP) is 3.09. The predicted molar refractivity (Wildman–Crippen MR) is 105 cm³/mol. The van der Waals surface area contributed by atoms with Gasteiger partial charge in [0.1, 0.15) is 0 Å². The van der Waals surface area contributed by atoms with Gasteiger partial charge in [-0.05, 0) is 24.3 Å². The number of amides is 1. The van der Waals surface area contributed by atoms with Gasteiger partial charge in [-0.2, -0.15) is 0 Å². The first-order valence-electron chi connectivity index (χ1n) is 7.52. The molecule has 12 heteroatoms. The number of sulfonamides is 1. The summed E-state index contributed by atoms with van der Waals surface area (Å²) >= 11 is 17.6. The van der Waals surface area contributed by atoms with Crippen molar-refractivity contribution in [1.82, 2.24) is 9.29 Å². The molecule has 2 aromatic rings. The molecule has 150 valence electrons. The summed E-state index contributed by atoms with van der Waals surface area (Å²) in [5, 5.41) is 2.73. The van der Waals surface area contributed by atoms with Gasteiger partial charge in [0.05, 0.1) is 25.5 Å². The number of rotatable bonds is 6. The van der Waals surface area contributed by atoms with E-state index < -0.39 is 28.5 Å². The minimum absolute atomic E-state index is 0.0227. The molecule has 2 rings (SSSR count). The molecular weight excluding hydrogens is 453 g/mol. The summed E-state index contributed by atoms with van der Waals surface area (Å²) in [6, 6.07) is 4.98. The Balaban J connectivity index is 2.09. The minimum Gasteiger partial charge on any atom is -0.452 e. The van der Waals surface area contributed by atoms with Gasteiger partial charge in [-0.3, -0.25) is 4.79 Å². The number of carbonyl (C=O) groups excluding carboxylic acids is 2. The zero-order valence-electron chi connectivity index (χ0n) is 14.6. The smallest absolute Gasteiger partial charge is 0.340 e. The van der Waals surface area contributed by atoms with Gasteiger partial charge in [-0.25, -0.2) is 22.5 Å². The SMILES string of the molecule is CN(C)S(=O)(=O)c1ccc(Cl)c(C(=O)OCC(=O)Nc2ncc(Cl)cc2Cl)c1. The number of benzene rings is 1. The van der Waals surface area contributed by atoms with E-state index in [9.17, 15) is 18.0 Å². The normalized spacial score (nSPS) is 11.4. The van der Waals surface area contributed by atoms with Crippen molar-refractivity contribution in [2.24, 2.45) is 0 Å². The summed E-state index contributed by atoms with van der Waals surface area (Å²) < 4.78 is 30.2. The van der Waals surface area contributed by atoms with Crippen LogP contribution in [0.1, 0.15) is 10.4 Å². The highest BCUT2D eigenvalue weighted by atomic mass is 35.5. The Morgan fingerprint density at radius 3 is 2.43 bits per heavy atom. The van der Waals surface area contributed by atoms with Crippen LogP contribution in [-0.2, 0) is 19.6 Å². The quantitative estimate of drug-likeness (QED) is 0.656. The van der Waals surface area contributed by atoms with Crippen LogP contribution in [0.5, 0.6) is 0 Å². The molecule has 1 aromatic carbocycles. The highest BCUT2D eigenvalue weighted by Crippen LogP contribution is 2.24. The maximum atomic E-state index is 12.2. The summed E-state index contributed by atoms with van der Waals surface area (Å²) in [4.78, 5) is 27.9. The van der Waals surface area contributed by atoms with Gasteiger partial charge in [0, 0.05) is 20.3 Å². The first-order chi connectivity index (χ1) is 13.0. The summed E-state index contributed by atoms with van der Waals surface area (Å²) in [6.45, 7) is -0.666. The number of hydrogen-bond donors (Lipinski definition) is 1. The molecule has 0 fully saturated rings. The Labute approximate surface area is 176 Å². The maximum Gasteiger partial charge on any atom is 0.340 e. The number of aromatic nitrogens is 1. The number of hydrogen-bond acceptors (Lipinski definition) is 6. The van der Waals surface area contributed by atoms with E-state index in [0.29, 0.717) is 0 Å². The molecule has 1 heterocycles. The van der Waals surface area contributed by atoms with E-state index in [-0.39, 0.29) is 31.3 Å². The van der Waals surface area contributed by atoms with E-state index in [1.165, 1.54) is 38.5 Å². The van der Waals surface area contributed by atoms with Crippen molar-refractivity contribution in [3.8, 4) is 0 Å². The molecule has 1 amide bonds. The van der Waals surface area contributed by atoms with Gasteiger partial charge in [-0.1, -0.05) is 34.8 Å². The second kappa shape index (κ2) is 9.06. The largest absolute Gasteiger partial charge is 0.452 e.